The maximum atomic E-state index is 11.8. The van der Waals surface area contributed by atoms with Gasteiger partial charge in [0.25, 0.3) is 0 Å². The zero-order valence-corrected chi connectivity index (χ0v) is 10.6. The summed E-state index contributed by atoms with van der Waals surface area (Å²) in [6, 6.07) is -0.963. The van der Waals surface area contributed by atoms with Gasteiger partial charge in [0.15, 0.2) is 6.04 Å². The van der Waals surface area contributed by atoms with Crippen LogP contribution in [-0.2, 0) is 14.3 Å². The van der Waals surface area contributed by atoms with E-state index in [1.54, 1.807) is 20.8 Å². The molecule has 0 saturated carbocycles. The summed E-state index contributed by atoms with van der Waals surface area (Å²) >= 11 is 0. The number of ether oxygens (including phenoxy) is 2. The quantitative estimate of drug-likeness (QED) is 0.788. The van der Waals surface area contributed by atoms with Crippen molar-refractivity contribution >= 4 is 12.1 Å². The van der Waals surface area contributed by atoms with Gasteiger partial charge in [-0.1, -0.05) is 0 Å². The van der Waals surface area contributed by atoms with Gasteiger partial charge in [0.1, 0.15) is 5.60 Å². The van der Waals surface area contributed by atoms with Crippen LogP contribution >= 0.6 is 0 Å². The number of nitrogens with zero attached hydrogens (tertiary/aromatic N) is 1. The van der Waals surface area contributed by atoms with Crippen LogP contribution in [0, 0.1) is 0 Å². The van der Waals surface area contributed by atoms with Crippen LogP contribution in [0.5, 0.6) is 0 Å². The van der Waals surface area contributed by atoms with E-state index in [0.717, 1.165) is 0 Å². The van der Waals surface area contributed by atoms with Crippen molar-refractivity contribution < 1.29 is 24.2 Å². The molecule has 1 fully saturated rings. The van der Waals surface area contributed by atoms with Crippen LogP contribution in [0.3, 0.4) is 0 Å². The predicted molar refractivity (Wildman–Crippen MR) is 59.8 cm³/mol. The van der Waals surface area contributed by atoms with Gasteiger partial charge < -0.3 is 14.6 Å². The standard InChI is InChI=1S/C11H19NO5/c1-11(2,3)17-10(15)12-6-5-7(16-4)8(12)9(13)14/h7-8H,5-6H2,1-4H3,(H,13,14). The van der Waals surface area contributed by atoms with E-state index in [1.165, 1.54) is 12.0 Å². The zero-order chi connectivity index (χ0) is 13.2. The molecule has 0 aromatic heterocycles. The lowest BCUT2D eigenvalue weighted by molar-refractivity contribution is -0.145. The van der Waals surface area contributed by atoms with Crippen LogP contribution in [0.15, 0.2) is 0 Å². The Morgan fingerprint density at radius 2 is 1.94 bits per heavy atom. The number of carboxylic acids is 1. The molecule has 1 heterocycles. The van der Waals surface area contributed by atoms with Gasteiger partial charge in [0.05, 0.1) is 6.10 Å². The van der Waals surface area contributed by atoms with E-state index in [1.807, 2.05) is 0 Å². The maximum Gasteiger partial charge on any atom is 0.411 e. The molecule has 0 radical (unpaired) electrons. The second-order valence-electron chi connectivity index (χ2n) is 5.02. The monoisotopic (exact) mass is 245 g/mol. The third-order valence-corrected chi connectivity index (χ3v) is 2.53. The normalized spacial score (nSPS) is 24.8. The Morgan fingerprint density at radius 3 is 2.35 bits per heavy atom. The van der Waals surface area contributed by atoms with Crippen molar-refractivity contribution in [2.45, 2.75) is 44.9 Å². The number of rotatable bonds is 2. The number of methoxy groups -OCH3 is 1. The lowest BCUT2D eigenvalue weighted by atomic mass is 10.2. The first-order valence-electron chi connectivity index (χ1n) is 5.51. The zero-order valence-electron chi connectivity index (χ0n) is 10.6. The molecule has 2 unspecified atom stereocenters. The van der Waals surface area contributed by atoms with Crippen molar-refractivity contribution in [3.05, 3.63) is 0 Å². The summed E-state index contributed by atoms with van der Waals surface area (Å²) in [5.41, 5.74) is -0.634. The minimum Gasteiger partial charge on any atom is -0.480 e. The molecule has 2 atom stereocenters. The first kappa shape index (κ1) is 13.8. The highest BCUT2D eigenvalue weighted by molar-refractivity contribution is 5.81. The van der Waals surface area contributed by atoms with E-state index in [0.29, 0.717) is 13.0 Å². The van der Waals surface area contributed by atoms with Gasteiger partial charge >= 0.3 is 12.1 Å². The second kappa shape index (κ2) is 4.91. The summed E-state index contributed by atoms with van der Waals surface area (Å²) < 4.78 is 10.2. The predicted octanol–water partition coefficient (Wildman–Crippen LogP) is 1.10. The average molecular weight is 245 g/mol. The van der Waals surface area contributed by atoms with Gasteiger partial charge in [-0.3, -0.25) is 4.90 Å². The minimum absolute atomic E-state index is 0.338. The van der Waals surface area contributed by atoms with E-state index in [9.17, 15) is 9.59 Å². The molecule has 0 aliphatic carbocycles. The topological polar surface area (TPSA) is 76.1 Å². The molecule has 0 spiro atoms. The molecule has 1 rings (SSSR count). The van der Waals surface area contributed by atoms with Gasteiger partial charge in [-0.2, -0.15) is 0 Å². The van der Waals surface area contributed by atoms with Crippen molar-refractivity contribution in [3.8, 4) is 0 Å². The Labute approximate surface area is 100 Å². The number of amides is 1. The van der Waals surface area contributed by atoms with E-state index < -0.39 is 29.8 Å². The Hall–Kier alpha value is -1.30. The smallest absolute Gasteiger partial charge is 0.411 e. The van der Waals surface area contributed by atoms with Crippen molar-refractivity contribution in [2.75, 3.05) is 13.7 Å². The summed E-state index contributed by atoms with van der Waals surface area (Å²) in [6.07, 6.45) is -0.573. The fourth-order valence-corrected chi connectivity index (χ4v) is 1.83. The van der Waals surface area contributed by atoms with Crippen LogP contribution in [0.25, 0.3) is 0 Å². The van der Waals surface area contributed by atoms with Crippen molar-refractivity contribution in [1.29, 1.82) is 0 Å². The Balaban J connectivity index is 2.76. The van der Waals surface area contributed by atoms with Crippen LogP contribution in [0.4, 0.5) is 4.79 Å². The minimum atomic E-state index is -1.07. The van der Waals surface area contributed by atoms with E-state index in [4.69, 9.17) is 14.6 Å². The molecule has 1 N–H and O–H groups in total. The highest BCUT2D eigenvalue weighted by atomic mass is 16.6. The van der Waals surface area contributed by atoms with Gasteiger partial charge in [-0.25, -0.2) is 9.59 Å². The highest BCUT2D eigenvalue weighted by Crippen LogP contribution is 2.23. The van der Waals surface area contributed by atoms with Crippen molar-refractivity contribution in [2.24, 2.45) is 0 Å². The van der Waals surface area contributed by atoms with Crippen LogP contribution in [0.2, 0.25) is 0 Å². The molecule has 0 aromatic carbocycles. The first-order valence-corrected chi connectivity index (χ1v) is 5.51. The summed E-state index contributed by atoms with van der Waals surface area (Å²) in [5.74, 6) is -1.07. The molecule has 1 amide bonds. The largest absolute Gasteiger partial charge is 0.480 e. The first-order chi connectivity index (χ1) is 7.76. The van der Waals surface area contributed by atoms with Crippen molar-refractivity contribution in [3.63, 3.8) is 0 Å². The van der Waals surface area contributed by atoms with Crippen LogP contribution < -0.4 is 0 Å². The number of carbonyl (C=O) groups is 2. The molecule has 1 aliphatic rings. The summed E-state index contributed by atoms with van der Waals surface area (Å²) in [7, 11) is 1.44. The van der Waals surface area contributed by atoms with Gasteiger partial charge in [-0.05, 0) is 27.2 Å². The number of aliphatic carboxylic acids is 1. The lowest BCUT2D eigenvalue weighted by Gasteiger charge is -2.27. The molecule has 6 nitrogen and oxygen atoms in total. The third kappa shape index (κ3) is 3.33. The lowest BCUT2D eigenvalue weighted by Crippen LogP contribution is -2.47. The van der Waals surface area contributed by atoms with Crippen LogP contribution in [0.1, 0.15) is 27.2 Å². The summed E-state index contributed by atoms with van der Waals surface area (Å²) in [4.78, 5) is 24.2. The third-order valence-electron chi connectivity index (χ3n) is 2.53. The van der Waals surface area contributed by atoms with Crippen LogP contribution in [-0.4, -0.2) is 53.5 Å². The molecule has 1 aliphatic heterocycles. The molecular formula is C11H19NO5. The van der Waals surface area contributed by atoms with E-state index in [2.05, 4.69) is 0 Å². The number of hydrogen-bond donors (Lipinski definition) is 1. The number of carbonyl (C=O) groups excluding carboxylic acids is 1. The SMILES string of the molecule is COC1CCN(C(=O)OC(C)(C)C)C1C(=O)O. The molecule has 1 saturated heterocycles. The number of likely N-dealkylation sites (tertiary alicyclic amines) is 1. The average Bonchev–Trinajstić information content (AvgIpc) is 2.57. The van der Waals surface area contributed by atoms with E-state index >= 15 is 0 Å². The summed E-state index contributed by atoms with van der Waals surface area (Å²) in [6.45, 7) is 5.56. The van der Waals surface area contributed by atoms with Gasteiger partial charge in [-0.15, -0.1) is 0 Å². The molecule has 17 heavy (non-hydrogen) atoms. The Morgan fingerprint density at radius 1 is 1.35 bits per heavy atom. The number of carboxylic acid groups (broad SMARTS) is 1. The van der Waals surface area contributed by atoms with Crippen molar-refractivity contribution in [1.82, 2.24) is 4.90 Å². The highest BCUT2D eigenvalue weighted by Gasteiger charge is 2.43. The van der Waals surface area contributed by atoms with E-state index in [-0.39, 0.29) is 0 Å². The molecule has 0 bridgehead atoms. The summed E-state index contributed by atoms with van der Waals surface area (Å²) in [5, 5.41) is 9.10. The molecule has 6 heteroatoms. The molecular weight excluding hydrogens is 226 g/mol. The fourth-order valence-electron chi connectivity index (χ4n) is 1.83. The fraction of sp³-hybridized carbons (Fsp3) is 0.818. The Bertz CT molecular complexity index is 309. The second-order valence-corrected chi connectivity index (χ2v) is 5.02. The molecule has 0 aromatic rings. The Kier molecular flexibility index (Phi) is 3.98. The van der Waals surface area contributed by atoms with Gasteiger partial charge in [0.2, 0.25) is 0 Å². The molecule has 98 valence electrons. The van der Waals surface area contributed by atoms with Gasteiger partial charge in [0, 0.05) is 13.7 Å². The number of hydrogen-bond acceptors (Lipinski definition) is 4. The maximum absolute atomic E-state index is 11.8.